The lowest BCUT2D eigenvalue weighted by molar-refractivity contribution is 0.411. The van der Waals surface area contributed by atoms with Gasteiger partial charge >= 0.3 is 17.0 Å². The van der Waals surface area contributed by atoms with Crippen LogP contribution in [0.15, 0.2) is 121 Å². The topological polar surface area (TPSA) is 15.7 Å². The maximum Gasteiger partial charge on any atom is 0.329 e. The molecule has 0 spiro atoms. The molecule has 0 saturated heterocycles. The third-order valence-corrected chi connectivity index (χ3v) is 15.6. The number of hydrogen-bond acceptors (Lipinski definition) is 3. The molecule has 0 saturated carbocycles. The van der Waals surface area contributed by atoms with E-state index in [1.165, 1.54) is 20.7 Å². The highest BCUT2D eigenvalue weighted by Crippen LogP contribution is 2.20. The summed E-state index contributed by atoms with van der Waals surface area (Å²) >= 11 is 0. The fraction of sp³-hybridized carbons (Fsp3) is 0.143. The van der Waals surface area contributed by atoms with E-state index in [0.29, 0.717) is 0 Å². The predicted octanol–water partition coefficient (Wildman–Crippen LogP) is 2.64. The van der Waals surface area contributed by atoms with Crippen molar-refractivity contribution in [3.05, 3.63) is 121 Å². The van der Waals surface area contributed by atoms with Crippen LogP contribution in [0.1, 0.15) is 0 Å². The second-order valence-electron chi connectivity index (χ2n) is 8.64. The first-order valence-electron chi connectivity index (χ1n) is 11.3. The Kier molecular flexibility index (Phi) is 7.07. The van der Waals surface area contributed by atoms with Crippen LogP contribution in [0.3, 0.4) is 0 Å². The third kappa shape index (κ3) is 4.26. The maximum absolute atomic E-state index is 7.82. The fourth-order valence-corrected chi connectivity index (χ4v) is 15.0. The van der Waals surface area contributed by atoms with Gasteiger partial charge in [0.05, 0.1) is 0 Å². The van der Waals surface area contributed by atoms with Crippen molar-refractivity contribution in [1.29, 1.82) is 0 Å². The molecule has 3 nitrogen and oxygen atoms in total. The number of rotatable bonds is 8. The molecule has 4 aromatic rings. The maximum atomic E-state index is 7.82. The number of nitrogens with zero attached hydrogens (tertiary/aromatic N) is 2. The molecule has 0 N–H and O–H groups in total. The quantitative estimate of drug-likeness (QED) is 0.370. The Hall–Kier alpha value is -2.81. The van der Waals surface area contributed by atoms with Gasteiger partial charge in [-0.2, -0.15) is 0 Å². The molecule has 0 amide bonds. The highest BCUT2D eigenvalue weighted by atomic mass is 28.4. The van der Waals surface area contributed by atoms with Crippen molar-refractivity contribution in [3.8, 4) is 0 Å². The van der Waals surface area contributed by atoms with Crippen molar-refractivity contribution < 1.29 is 4.12 Å². The van der Waals surface area contributed by atoms with Gasteiger partial charge in [0.2, 0.25) is 0 Å². The molecule has 0 aromatic heterocycles. The molecule has 0 heterocycles. The van der Waals surface area contributed by atoms with Crippen LogP contribution in [0.25, 0.3) is 0 Å². The van der Waals surface area contributed by atoms with Crippen LogP contribution < -0.4 is 20.7 Å². The molecule has 0 aliphatic carbocycles. The number of benzene rings is 4. The van der Waals surface area contributed by atoms with Crippen LogP contribution in [0, 0.1) is 0 Å². The summed E-state index contributed by atoms with van der Waals surface area (Å²) in [7, 11) is 2.98. The molecule has 0 unspecified atom stereocenters. The molecule has 5 heteroatoms. The summed E-state index contributed by atoms with van der Waals surface area (Å²) < 4.78 is 12.5. The number of hydrogen-bond donors (Lipinski definition) is 0. The van der Waals surface area contributed by atoms with E-state index in [2.05, 4.69) is 159 Å². The molecule has 33 heavy (non-hydrogen) atoms. The minimum atomic E-state index is -2.84. The average Bonchev–Trinajstić information content (AvgIpc) is 2.87. The second-order valence-corrected chi connectivity index (χ2v) is 16.1. The molecule has 0 aliphatic heterocycles. The van der Waals surface area contributed by atoms with Gasteiger partial charge in [0, 0.05) is 0 Å². The summed E-state index contributed by atoms with van der Waals surface area (Å²) in [6.45, 7) is 0. The summed E-state index contributed by atoms with van der Waals surface area (Å²) in [5, 5.41) is 4.97. The third-order valence-electron chi connectivity index (χ3n) is 6.22. The Morgan fingerprint density at radius 3 is 0.788 bits per heavy atom. The minimum Gasteiger partial charge on any atom is -0.419 e. The lowest BCUT2D eigenvalue weighted by Crippen LogP contribution is -2.81. The van der Waals surface area contributed by atoms with Crippen LogP contribution >= 0.6 is 0 Å². The highest BCUT2D eigenvalue weighted by molar-refractivity contribution is 7.06. The monoisotopic (exact) mass is 468 g/mol. The van der Waals surface area contributed by atoms with E-state index in [0.717, 1.165) is 0 Å². The zero-order valence-corrected chi connectivity index (χ0v) is 21.8. The first-order valence-corrected chi connectivity index (χ1v) is 15.0. The summed E-state index contributed by atoms with van der Waals surface area (Å²) in [5.41, 5.74) is 0. The average molecular weight is 469 g/mol. The van der Waals surface area contributed by atoms with Gasteiger partial charge < -0.3 is 13.2 Å². The van der Waals surface area contributed by atoms with Gasteiger partial charge in [-0.15, -0.1) is 0 Å². The van der Waals surface area contributed by atoms with Gasteiger partial charge in [0.25, 0.3) is 0 Å². The fourth-order valence-electron chi connectivity index (χ4n) is 4.65. The van der Waals surface area contributed by atoms with E-state index in [-0.39, 0.29) is 0 Å². The summed E-state index contributed by atoms with van der Waals surface area (Å²) in [6, 6.07) is 43.1. The molecule has 0 bridgehead atoms. The van der Waals surface area contributed by atoms with Crippen molar-refractivity contribution in [2.75, 3.05) is 28.2 Å². The molecule has 4 aromatic carbocycles. The second kappa shape index (κ2) is 9.99. The van der Waals surface area contributed by atoms with Crippen LogP contribution in [0.2, 0.25) is 0 Å². The van der Waals surface area contributed by atoms with Crippen molar-refractivity contribution in [1.82, 2.24) is 9.13 Å². The van der Waals surface area contributed by atoms with Crippen molar-refractivity contribution in [2.24, 2.45) is 0 Å². The van der Waals surface area contributed by atoms with Crippen molar-refractivity contribution >= 4 is 37.7 Å². The Morgan fingerprint density at radius 1 is 0.394 bits per heavy atom. The van der Waals surface area contributed by atoms with E-state index in [9.17, 15) is 0 Å². The molecule has 168 valence electrons. The smallest absolute Gasteiger partial charge is 0.329 e. The van der Waals surface area contributed by atoms with Crippen LogP contribution in [0.4, 0.5) is 0 Å². The Morgan fingerprint density at radius 2 is 0.606 bits per heavy atom. The zero-order chi connectivity index (χ0) is 23.3. The summed E-state index contributed by atoms with van der Waals surface area (Å²) in [5.74, 6) is 0. The SMILES string of the molecule is CN(C)[Si](O[Si](c1ccccc1)(c1ccccc1)N(C)C)(c1ccccc1)c1ccccc1. The zero-order valence-electron chi connectivity index (χ0n) is 19.8. The minimum absolute atomic E-state index is 1.24. The Labute approximate surface area is 200 Å². The van der Waals surface area contributed by atoms with Crippen molar-refractivity contribution in [2.45, 2.75) is 0 Å². The first kappa shape index (κ1) is 23.4. The molecule has 4 rings (SSSR count). The molecular formula is C28H32N2OSi2. The lowest BCUT2D eigenvalue weighted by atomic mass is 10.4. The van der Waals surface area contributed by atoms with Crippen LogP contribution in [-0.4, -0.2) is 54.3 Å². The Bertz CT molecular complexity index is 966. The molecular weight excluding hydrogens is 436 g/mol. The van der Waals surface area contributed by atoms with Gasteiger partial charge in [-0.3, -0.25) is 0 Å². The van der Waals surface area contributed by atoms with Crippen LogP contribution in [0.5, 0.6) is 0 Å². The summed E-state index contributed by atoms with van der Waals surface area (Å²) in [4.78, 5) is 0. The van der Waals surface area contributed by atoms with Gasteiger partial charge in [-0.1, -0.05) is 121 Å². The molecule has 0 aliphatic rings. The van der Waals surface area contributed by atoms with Crippen molar-refractivity contribution in [3.63, 3.8) is 0 Å². The van der Waals surface area contributed by atoms with E-state index in [4.69, 9.17) is 4.12 Å². The first-order chi connectivity index (χ1) is 16.0. The van der Waals surface area contributed by atoms with Gasteiger partial charge in [-0.25, -0.2) is 0 Å². The van der Waals surface area contributed by atoms with Gasteiger partial charge in [0.1, 0.15) is 0 Å². The van der Waals surface area contributed by atoms with Gasteiger partial charge in [-0.05, 0) is 48.9 Å². The van der Waals surface area contributed by atoms with E-state index >= 15 is 0 Å². The lowest BCUT2D eigenvalue weighted by Gasteiger charge is -2.48. The highest BCUT2D eigenvalue weighted by Gasteiger charge is 2.54. The molecule has 0 atom stereocenters. The molecule has 0 fully saturated rings. The Balaban J connectivity index is 2.06. The summed E-state index contributed by atoms with van der Waals surface area (Å²) in [6.07, 6.45) is 0. The normalized spacial score (nSPS) is 12.3. The predicted molar refractivity (Wildman–Crippen MR) is 144 cm³/mol. The van der Waals surface area contributed by atoms with Gasteiger partial charge in [0.15, 0.2) is 0 Å². The van der Waals surface area contributed by atoms with Crippen LogP contribution in [-0.2, 0) is 4.12 Å². The molecule has 0 radical (unpaired) electrons. The van der Waals surface area contributed by atoms with E-state index in [1.807, 2.05) is 0 Å². The van der Waals surface area contributed by atoms with E-state index < -0.39 is 17.0 Å². The standard InChI is InChI=1S/C28H32N2OSi2/c1-29(2)32(25-17-9-5-10-18-25,26-19-11-6-12-20-26)31-33(30(3)4,27-21-13-7-14-22-27)28-23-15-8-16-24-28/h5-24H,1-4H3. The largest absolute Gasteiger partial charge is 0.419 e. The van der Waals surface area contributed by atoms with E-state index in [1.54, 1.807) is 0 Å².